The summed E-state index contributed by atoms with van der Waals surface area (Å²) in [5.74, 6) is 0.0825. The van der Waals surface area contributed by atoms with Crippen molar-refractivity contribution < 1.29 is 4.79 Å². The van der Waals surface area contributed by atoms with Crippen LogP contribution in [0.3, 0.4) is 0 Å². The van der Waals surface area contributed by atoms with Crippen LogP contribution < -0.4 is 10.6 Å². The molecule has 1 rings (SSSR count). The van der Waals surface area contributed by atoms with Crippen LogP contribution in [0.4, 0.5) is 11.4 Å². The van der Waals surface area contributed by atoms with Crippen LogP contribution >= 0.6 is 0 Å². The number of rotatable bonds is 3. The molecule has 0 aliphatic heterocycles. The Morgan fingerprint density at radius 2 is 1.60 bits per heavy atom. The second-order valence-electron chi connectivity index (χ2n) is 2.82. The number of hydrogen-bond acceptors (Lipinski definition) is 3. The van der Waals surface area contributed by atoms with E-state index < -0.39 is 0 Å². The standard InChI is InChI=1S/C10H14N2O.C2H6/c1-7(13)8-4-5-9(11-2)10(6-8)12-3;1-2/h4-6,11-12H,1-3H3;1-2H3. The fraction of sp³-hybridized carbons (Fsp3) is 0.417. The highest BCUT2D eigenvalue weighted by molar-refractivity contribution is 5.96. The van der Waals surface area contributed by atoms with Crippen molar-refractivity contribution in [2.24, 2.45) is 0 Å². The van der Waals surface area contributed by atoms with Gasteiger partial charge in [0.05, 0.1) is 11.4 Å². The van der Waals surface area contributed by atoms with E-state index in [0.717, 1.165) is 16.9 Å². The van der Waals surface area contributed by atoms with Crippen LogP contribution in [0, 0.1) is 0 Å². The van der Waals surface area contributed by atoms with E-state index in [1.54, 1.807) is 6.92 Å². The highest BCUT2D eigenvalue weighted by atomic mass is 16.1. The van der Waals surface area contributed by atoms with Gasteiger partial charge < -0.3 is 10.6 Å². The molecule has 1 aromatic rings. The van der Waals surface area contributed by atoms with E-state index in [9.17, 15) is 4.79 Å². The molecule has 0 bridgehead atoms. The van der Waals surface area contributed by atoms with Gasteiger partial charge >= 0.3 is 0 Å². The first-order valence-electron chi connectivity index (χ1n) is 5.19. The fourth-order valence-electron chi connectivity index (χ4n) is 1.19. The summed E-state index contributed by atoms with van der Waals surface area (Å²) in [5.41, 5.74) is 2.66. The maximum absolute atomic E-state index is 11.1. The summed E-state index contributed by atoms with van der Waals surface area (Å²) < 4.78 is 0. The fourth-order valence-corrected chi connectivity index (χ4v) is 1.19. The molecule has 0 unspecified atom stereocenters. The first-order chi connectivity index (χ1) is 7.19. The Hall–Kier alpha value is -1.51. The van der Waals surface area contributed by atoms with E-state index in [-0.39, 0.29) is 5.78 Å². The molecule has 3 nitrogen and oxygen atoms in total. The molecule has 0 aromatic heterocycles. The maximum Gasteiger partial charge on any atom is 0.159 e. The Morgan fingerprint density at radius 3 is 2.00 bits per heavy atom. The van der Waals surface area contributed by atoms with E-state index in [1.807, 2.05) is 46.1 Å². The zero-order valence-corrected chi connectivity index (χ0v) is 10.1. The summed E-state index contributed by atoms with van der Waals surface area (Å²) in [7, 11) is 3.68. The summed E-state index contributed by atoms with van der Waals surface area (Å²) in [6.45, 7) is 5.56. The number of carbonyl (C=O) groups excluding carboxylic acids is 1. The van der Waals surface area contributed by atoms with E-state index >= 15 is 0 Å². The lowest BCUT2D eigenvalue weighted by Gasteiger charge is -2.09. The number of carbonyl (C=O) groups is 1. The number of ketones is 1. The lowest BCUT2D eigenvalue weighted by atomic mass is 10.1. The lowest BCUT2D eigenvalue weighted by molar-refractivity contribution is 0.101. The molecule has 84 valence electrons. The molecule has 0 radical (unpaired) electrons. The topological polar surface area (TPSA) is 41.1 Å². The first kappa shape index (κ1) is 13.5. The highest BCUT2D eigenvalue weighted by Crippen LogP contribution is 2.22. The highest BCUT2D eigenvalue weighted by Gasteiger charge is 2.03. The maximum atomic E-state index is 11.1. The van der Waals surface area contributed by atoms with Gasteiger partial charge in [-0.2, -0.15) is 0 Å². The Bertz CT molecular complexity index is 321. The third kappa shape index (κ3) is 3.62. The summed E-state index contributed by atoms with van der Waals surface area (Å²) in [6, 6.07) is 5.55. The van der Waals surface area contributed by atoms with Crippen molar-refractivity contribution in [1.29, 1.82) is 0 Å². The number of Topliss-reactive ketones (excluding diaryl/α,β-unsaturated/α-hetero) is 1. The van der Waals surface area contributed by atoms with Gasteiger partial charge in [0, 0.05) is 19.7 Å². The summed E-state index contributed by atoms with van der Waals surface area (Å²) >= 11 is 0. The van der Waals surface area contributed by atoms with Gasteiger partial charge in [-0.25, -0.2) is 0 Å². The lowest BCUT2D eigenvalue weighted by Crippen LogP contribution is -1.99. The Labute approximate surface area is 91.9 Å². The molecule has 0 aliphatic carbocycles. The molecule has 0 fully saturated rings. The molecule has 2 N–H and O–H groups in total. The summed E-state index contributed by atoms with van der Waals surface area (Å²) in [6.07, 6.45) is 0. The number of benzene rings is 1. The molecule has 15 heavy (non-hydrogen) atoms. The van der Waals surface area contributed by atoms with Crippen LogP contribution in [-0.4, -0.2) is 19.9 Å². The zero-order valence-electron chi connectivity index (χ0n) is 10.1. The molecule has 0 aliphatic rings. The zero-order chi connectivity index (χ0) is 11.8. The van der Waals surface area contributed by atoms with Crippen molar-refractivity contribution in [2.75, 3.05) is 24.7 Å². The molecule has 0 atom stereocenters. The monoisotopic (exact) mass is 208 g/mol. The van der Waals surface area contributed by atoms with E-state index in [2.05, 4.69) is 10.6 Å². The van der Waals surface area contributed by atoms with Crippen molar-refractivity contribution in [3.8, 4) is 0 Å². The second-order valence-corrected chi connectivity index (χ2v) is 2.82. The molecular weight excluding hydrogens is 188 g/mol. The summed E-state index contributed by atoms with van der Waals surface area (Å²) in [4.78, 5) is 11.1. The quantitative estimate of drug-likeness (QED) is 0.750. The van der Waals surface area contributed by atoms with Gasteiger partial charge in [-0.05, 0) is 25.1 Å². The largest absolute Gasteiger partial charge is 0.386 e. The van der Waals surface area contributed by atoms with Gasteiger partial charge in [0.2, 0.25) is 0 Å². The SMILES string of the molecule is CC.CNc1ccc(C(C)=O)cc1NC. The molecular formula is C12H20N2O. The average molecular weight is 208 g/mol. The smallest absolute Gasteiger partial charge is 0.159 e. The van der Waals surface area contributed by atoms with Gasteiger partial charge in [0.25, 0.3) is 0 Å². The van der Waals surface area contributed by atoms with Crippen LogP contribution in [0.1, 0.15) is 31.1 Å². The molecule has 0 amide bonds. The Balaban J connectivity index is 0.000000921. The van der Waals surface area contributed by atoms with Crippen molar-refractivity contribution in [3.05, 3.63) is 23.8 Å². The molecule has 0 heterocycles. The van der Waals surface area contributed by atoms with Crippen molar-refractivity contribution in [3.63, 3.8) is 0 Å². The first-order valence-corrected chi connectivity index (χ1v) is 5.19. The molecule has 0 saturated carbocycles. The van der Waals surface area contributed by atoms with Gasteiger partial charge in [0.1, 0.15) is 0 Å². The van der Waals surface area contributed by atoms with E-state index in [1.165, 1.54) is 0 Å². The van der Waals surface area contributed by atoms with Gasteiger partial charge in [-0.1, -0.05) is 13.8 Å². The minimum Gasteiger partial charge on any atom is -0.386 e. The molecule has 3 heteroatoms. The predicted octanol–water partition coefficient (Wildman–Crippen LogP) is 3.00. The number of nitrogens with one attached hydrogen (secondary N) is 2. The minimum atomic E-state index is 0.0825. The van der Waals surface area contributed by atoms with Crippen LogP contribution in [0.5, 0.6) is 0 Å². The number of hydrogen-bond donors (Lipinski definition) is 2. The Kier molecular flexibility index (Phi) is 6.18. The third-order valence-corrected chi connectivity index (χ3v) is 1.96. The normalized spacial score (nSPS) is 8.60. The second kappa shape index (κ2) is 6.87. The molecule has 0 spiro atoms. The average Bonchev–Trinajstić information content (AvgIpc) is 2.30. The minimum absolute atomic E-state index is 0.0825. The van der Waals surface area contributed by atoms with Crippen molar-refractivity contribution in [1.82, 2.24) is 0 Å². The van der Waals surface area contributed by atoms with Crippen LogP contribution in [0.25, 0.3) is 0 Å². The predicted molar refractivity (Wildman–Crippen MR) is 66.9 cm³/mol. The van der Waals surface area contributed by atoms with E-state index in [4.69, 9.17) is 0 Å². The Morgan fingerprint density at radius 1 is 1.07 bits per heavy atom. The van der Waals surface area contributed by atoms with Gasteiger partial charge in [-0.15, -0.1) is 0 Å². The van der Waals surface area contributed by atoms with Crippen LogP contribution in [0.2, 0.25) is 0 Å². The number of anilines is 2. The molecule has 1 aromatic carbocycles. The van der Waals surface area contributed by atoms with Gasteiger partial charge in [0.15, 0.2) is 5.78 Å². The third-order valence-electron chi connectivity index (χ3n) is 1.96. The van der Waals surface area contributed by atoms with Crippen molar-refractivity contribution >= 4 is 17.2 Å². The van der Waals surface area contributed by atoms with Crippen molar-refractivity contribution in [2.45, 2.75) is 20.8 Å². The van der Waals surface area contributed by atoms with Gasteiger partial charge in [-0.3, -0.25) is 4.79 Å². The van der Waals surface area contributed by atoms with E-state index in [0.29, 0.717) is 0 Å². The summed E-state index contributed by atoms with van der Waals surface area (Å²) in [5, 5.41) is 6.07. The molecule has 0 saturated heterocycles. The van der Waals surface area contributed by atoms with Crippen LogP contribution in [-0.2, 0) is 0 Å². The van der Waals surface area contributed by atoms with Crippen LogP contribution in [0.15, 0.2) is 18.2 Å².